The third-order valence-corrected chi connectivity index (χ3v) is 12.7. The molecule has 6 heteroatoms. The number of rotatable bonds is 9. The van der Waals surface area contributed by atoms with Gasteiger partial charge in [0.2, 0.25) is 0 Å². The molecule has 3 aromatic heterocycles. The minimum Gasteiger partial charge on any atom is -0.510 e. The van der Waals surface area contributed by atoms with Gasteiger partial charge in [-0.05, 0) is 80.1 Å². The maximum absolute atomic E-state index is 6.70. The van der Waals surface area contributed by atoms with Crippen LogP contribution in [-0.2, 0) is 42.7 Å². The Labute approximate surface area is 393 Å². The van der Waals surface area contributed by atoms with Crippen molar-refractivity contribution in [3.05, 3.63) is 210 Å². The molecule has 3 heterocycles. The van der Waals surface area contributed by atoms with Crippen molar-refractivity contribution in [3.8, 4) is 28.7 Å². The van der Waals surface area contributed by atoms with E-state index < -0.39 is 0 Å². The zero-order valence-corrected chi connectivity index (χ0v) is 40.8. The second kappa shape index (κ2) is 16.8. The first-order chi connectivity index (χ1) is 30.0. The molecule has 0 aliphatic carbocycles. The smallest absolute Gasteiger partial charge is 0.267 e. The maximum Gasteiger partial charge on any atom is 0.267 e. The topological polar surface area (TPSA) is 35.9 Å². The Morgan fingerprint density at radius 3 is 1.81 bits per heavy atom. The summed E-state index contributed by atoms with van der Waals surface area (Å²) >= 11 is 0. The number of imidazole rings is 1. The Morgan fingerprint density at radius 2 is 1.16 bits per heavy atom. The van der Waals surface area contributed by atoms with Crippen LogP contribution < -0.4 is 9.30 Å². The van der Waals surface area contributed by atoms with Gasteiger partial charge in [-0.2, -0.15) is 18.2 Å². The fraction of sp³-hybridized carbons (Fsp3) is 0.241. The summed E-state index contributed by atoms with van der Waals surface area (Å²) < 4.78 is 13.1. The molecule has 5 nitrogen and oxygen atoms in total. The van der Waals surface area contributed by atoms with Crippen LogP contribution in [0.3, 0.4) is 0 Å². The van der Waals surface area contributed by atoms with E-state index in [1.165, 1.54) is 27.8 Å². The third kappa shape index (κ3) is 8.39. The average molecular weight is 1020 g/mol. The van der Waals surface area contributed by atoms with E-state index in [0.29, 0.717) is 11.5 Å². The Bertz CT molecular complexity index is 3110. The van der Waals surface area contributed by atoms with Crippen molar-refractivity contribution in [2.45, 2.75) is 90.9 Å². The predicted molar refractivity (Wildman–Crippen MR) is 257 cm³/mol. The fourth-order valence-electron chi connectivity index (χ4n) is 8.67. The number of nitrogens with zero attached hydrogens (tertiary/aromatic N) is 4. The van der Waals surface area contributed by atoms with Gasteiger partial charge >= 0.3 is 0 Å². The molecule has 0 aliphatic rings. The monoisotopic (exact) mass is 1020 g/mol. The normalized spacial score (nSPS) is 12.4. The molecule has 0 radical (unpaired) electrons. The summed E-state index contributed by atoms with van der Waals surface area (Å²) in [5.41, 5.74) is 10.6. The van der Waals surface area contributed by atoms with Gasteiger partial charge in [0.15, 0.2) is 0 Å². The fourth-order valence-corrected chi connectivity index (χ4v) is 8.67. The molecule has 0 atom stereocenters. The molecule has 0 amide bonds. The molecule has 0 unspecified atom stereocenters. The van der Waals surface area contributed by atoms with Gasteiger partial charge in [-0.3, -0.25) is 4.57 Å². The molecule has 6 aromatic carbocycles. The summed E-state index contributed by atoms with van der Waals surface area (Å²) in [7, 11) is 0. The summed E-state index contributed by atoms with van der Waals surface area (Å²) in [5.74, 6) is 2.01. The molecule has 0 spiro atoms. The van der Waals surface area contributed by atoms with Crippen molar-refractivity contribution in [3.63, 3.8) is 0 Å². The largest absolute Gasteiger partial charge is 0.510 e. The van der Waals surface area contributed by atoms with Crippen LogP contribution in [0.25, 0.3) is 39.0 Å². The molecular formula is C58H56N4OPt-2. The number of aromatic nitrogens is 4. The molecular weight excluding hydrogens is 964 g/mol. The maximum atomic E-state index is 6.70. The van der Waals surface area contributed by atoms with E-state index in [2.05, 4.69) is 235 Å². The Balaban J connectivity index is 0.00000560. The van der Waals surface area contributed by atoms with Gasteiger partial charge in [0, 0.05) is 61.3 Å². The van der Waals surface area contributed by atoms with Gasteiger partial charge < -0.3 is 13.9 Å². The van der Waals surface area contributed by atoms with E-state index in [-0.39, 0.29) is 42.7 Å². The number of hydrogen-bond donors (Lipinski definition) is 0. The molecule has 0 fully saturated rings. The molecule has 326 valence electrons. The zero-order valence-electron chi connectivity index (χ0n) is 38.5. The van der Waals surface area contributed by atoms with Crippen molar-refractivity contribution >= 4 is 21.8 Å². The average Bonchev–Trinajstić information content (AvgIpc) is 3.88. The molecule has 0 N–H and O–H groups in total. The van der Waals surface area contributed by atoms with Crippen molar-refractivity contribution in [2.75, 3.05) is 0 Å². The predicted octanol–water partition coefficient (Wildman–Crippen LogP) is 13.7. The minimum absolute atomic E-state index is 0. The molecule has 0 saturated heterocycles. The van der Waals surface area contributed by atoms with E-state index in [1.807, 2.05) is 24.4 Å². The van der Waals surface area contributed by atoms with E-state index >= 15 is 0 Å². The van der Waals surface area contributed by atoms with Gasteiger partial charge in [-0.1, -0.05) is 160 Å². The van der Waals surface area contributed by atoms with Crippen molar-refractivity contribution in [2.24, 2.45) is 0 Å². The number of benzene rings is 6. The van der Waals surface area contributed by atoms with Gasteiger partial charge in [-0.25, -0.2) is 4.98 Å². The summed E-state index contributed by atoms with van der Waals surface area (Å²) in [4.78, 5) is 5.02. The van der Waals surface area contributed by atoms with Crippen molar-refractivity contribution in [1.82, 2.24) is 14.1 Å². The molecule has 0 aliphatic heterocycles. The first-order valence-corrected chi connectivity index (χ1v) is 22.0. The van der Waals surface area contributed by atoms with E-state index in [0.717, 1.165) is 44.7 Å². The number of pyridine rings is 1. The second-order valence-electron chi connectivity index (χ2n) is 19.9. The molecule has 0 bridgehead atoms. The number of fused-ring (bicyclic) bond motifs is 3. The molecule has 9 aromatic rings. The van der Waals surface area contributed by atoms with Gasteiger partial charge in [0.25, 0.3) is 6.33 Å². The third-order valence-electron chi connectivity index (χ3n) is 12.7. The first-order valence-electron chi connectivity index (χ1n) is 22.0. The Morgan fingerprint density at radius 1 is 0.531 bits per heavy atom. The van der Waals surface area contributed by atoms with Gasteiger partial charge in [0.1, 0.15) is 5.82 Å². The first kappa shape index (κ1) is 44.6. The number of hydrogen-bond acceptors (Lipinski definition) is 2. The van der Waals surface area contributed by atoms with Crippen LogP contribution in [0.1, 0.15) is 103 Å². The van der Waals surface area contributed by atoms with Crippen molar-refractivity contribution < 1.29 is 30.4 Å². The quantitative estimate of drug-likeness (QED) is 0.107. The standard InChI is InChI=1S/C58H56N4O.Pt/c1-55(2,3)42-23-17-24-45(33-42)60-38-53(56(4,5)6)61(39-60)46-25-18-26-47(36-46)63-48-28-29-49-50-34-43(57(7,8)40-19-13-11-14-20-40)27-30-51(50)62(52(49)37-48)54-35-44(31-32-59-54)58(9,10)41-21-15-12-16-22-41;/h11-35,38H,1-10H3;/q-2;. The SMILES string of the molecule is CC(C)(C)c1cccc(-[n+]2[c-]n(-c3[c-]c(Oc4[c-]c5c(cc4)c4cc(C(C)(C)c6ccccc6)ccc4n5-c4cc(C(C)(C)c5ccccc5)ccn4)ccc3)c(C(C)(C)C)c2)c1.[Pt]. The Hall–Kier alpha value is -6.03. The molecule has 64 heavy (non-hydrogen) atoms. The molecule has 0 saturated carbocycles. The van der Waals surface area contributed by atoms with Gasteiger partial charge in [0.05, 0.1) is 11.4 Å². The summed E-state index contributed by atoms with van der Waals surface area (Å²) in [6, 6.07) is 58.8. The van der Waals surface area contributed by atoms with Gasteiger partial charge in [-0.15, -0.1) is 29.7 Å². The minimum atomic E-state index is -0.247. The Kier molecular flexibility index (Phi) is 11.7. The van der Waals surface area contributed by atoms with E-state index in [9.17, 15) is 0 Å². The van der Waals surface area contributed by atoms with Crippen molar-refractivity contribution in [1.29, 1.82) is 0 Å². The van der Waals surface area contributed by atoms with Crippen LogP contribution in [0.15, 0.2) is 158 Å². The van der Waals surface area contributed by atoms with E-state index in [4.69, 9.17) is 9.72 Å². The van der Waals surface area contributed by atoms with Crippen LogP contribution in [0.4, 0.5) is 0 Å². The van der Waals surface area contributed by atoms with Crippen LogP contribution in [0.5, 0.6) is 11.5 Å². The summed E-state index contributed by atoms with van der Waals surface area (Å²) in [6.07, 6.45) is 7.74. The number of ether oxygens (including phenoxy) is 1. The molecule has 9 rings (SSSR count). The van der Waals surface area contributed by atoms with Crippen LogP contribution in [0, 0.1) is 18.5 Å². The zero-order chi connectivity index (χ0) is 44.3. The summed E-state index contributed by atoms with van der Waals surface area (Å²) in [6.45, 7) is 22.5. The second-order valence-corrected chi connectivity index (χ2v) is 19.9. The van der Waals surface area contributed by atoms with Crippen LogP contribution in [0.2, 0.25) is 0 Å². The summed E-state index contributed by atoms with van der Waals surface area (Å²) in [5, 5.41) is 2.21. The van der Waals surface area contributed by atoms with E-state index in [1.54, 1.807) is 0 Å². The van der Waals surface area contributed by atoms with Crippen LogP contribution in [-0.4, -0.2) is 14.1 Å². The van der Waals surface area contributed by atoms with Crippen LogP contribution >= 0.6 is 0 Å².